The van der Waals surface area contributed by atoms with Crippen LogP contribution in [0.2, 0.25) is 0 Å². The Morgan fingerprint density at radius 2 is 2.00 bits per heavy atom. The fraction of sp³-hybridized carbons (Fsp3) is 0.333. The highest BCUT2D eigenvalue weighted by molar-refractivity contribution is 7.89. The maximum Gasteiger partial charge on any atom is 0.339 e. The van der Waals surface area contributed by atoms with Gasteiger partial charge in [-0.3, -0.25) is 4.79 Å². The zero-order valence-corrected chi connectivity index (χ0v) is 12.2. The highest BCUT2D eigenvalue weighted by atomic mass is 32.2. The third-order valence-corrected chi connectivity index (χ3v) is 4.57. The van der Waals surface area contributed by atoms with E-state index in [4.69, 9.17) is 5.11 Å². The number of benzene rings is 1. The van der Waals surface area contributed by atoms with Crippen molar-refractivity contribution in [3.8, 4) is 0 Å². The van der Waals surface area contributed by atoms with E-state index in [0.717, 1.165) is 30.6 Å². The fourth-order valence-electron chi connectivity index (χ4n) is 1.53. The van der Waals surface area contributed by atoms with Gasteiger partial charge in [-0.1, -0.05) is 0 Å². The van der Waals surface area contributed by atoms with Crippen LogP contribution in [-0.4, -0.2) is 50.5 Å². The van der Waals surface area contributed by atoms with Gasteiger partial charge in [-0.05, 0) is 18.2 Å². The highest BCUT2D eigenvalue weighted by Gasteiger charge is 2.28. The molecule has 0 aliphatic rings. The molecule has 1 N–H and O–H groups in total. The summed E-state index contributed by atoms with van der Waals surface area (Å²) in [6.45, 7) is -0.311. The van der Waals surface area contributed by atoms with Crippen molar-refractivity contribution in [3.63, 3.8) is 0 Å². The lowest BCUT2D eigenvalue weighted by molar-refractivity contribution is -0.137. The maximum atomic E-state index is 13.3. The molecule has 9 heteroatoms. The fourth-order valence-corrected chi connectivity index (χ4v) is 2.89. The Balaban J connectivity index is 3.26. The van der Waals surface area contributed by atoms with Crippen LogP contribution in [0.4, 0.5) is 4.39 Å². The van der Waals surface area contributed by atoms with E-state index in [1.807, 2.05) is 0 Å². The molecule has 21 heavy (non-hydrogen) atoms. The van der Waals surface area contributed by atoms with Crippen LogP contribution in [0.25, 0.3) is 0 Å². The van der Waals surface area contributed by atoms with Crippen molar-refractivity contribution in [1.29, 1.82) is 0 Å². The number of esters is 1. The van der Waals surface area contributed by atoms with E-state index in [1.54, 1.807) is 0 Å². The first-order chi connectivity index (χ1) is 9.70. The van der Waals surface area contributed by atoms with Crippen molar-refractivity contribution in [2.75, 3.05) is 20.7 Å². The number of hydrogen-bond donors (Lipinski definition) is 1. The van der Waals surface area contributed by atoms with Crippen LogP contribution in [0.3, 0.4) is 0 Å². The molecular formula is C12H14FNO6S. The van der Waals surface area contributed by atoms with Crippen molar-refractivity contribution >= 4 is 22.0 Å². The van der Waals surface area contributed by atoms with Crippen molar-refractivity contribution in [3.05, 3.63) is 29.6 Å². The molecule has 0 aliphatic heterocycles. The van der Waals surface area contributed by atoms with Gasteiger partial charge in [0.25, 0.3) is 0 Å². The number of methoxy groups -OCH3 is 1. The third kappa shape index (κ3) is 3.99. The van der Waals surface area contributed by atoms with Crippen molar-refractivity contribution in [2.24, 2.45) is 0 Å². The number of carbonyl (C=O) groups is 2. The van der Waals surface area contributed by atoms with Crippen LogP contribution in [0.1, 0.15) is 16.8 Å². The monoisotopic (exact) mass is 319 g/mol. The quantitative estimate of drug-likeness (QED) is 0.775. The van der Waals surface area contributed by atoms with Crippen LogP contribution < -0.4 is 0 Å². The molecule has 0 spiro atoms. The van der Waals surface area contributed by atoms with E-state index in [9.17, 15) is 22.4 Å². The summed E-state index contributed by atoms with van der Waals surface area (Å²) in [5.74, 6) is -2.95. The van der Waals surface area contributed by atoms with E-state index >= 15 is 0 Å². The van der Waals surface area contributed by atoms with Gasteiger partial charge in [0.05, 0.1) is 24.0 Å². The minimum absolute atomic E-state index is 0.311. The van der Waals surface area contributed by atoms with Crippen LogP contribution in [0.15, 0.2) is 23.1 Å². The number of rotatable bonds is 6. The second-order valence-corrected chi connectivity index (χ2v) is 6.12. The predicted molar refractivity (Wildman–Crippen MR) is 69.8 cm³/mol. The van der Waals surface area contributed by atoms with E-state index in [-0.39, 0.29) is 12.1 Å². The van der Waals surface area contributed by atoms with E-state index in [1.165, 1.54) is 0 Å². The Labute approximate surface area is 121 Å². The van der Waals surface area contributed by atoms with Crippen molar-refractivity contribution in [1.82, 2.24) is 4.31 Å². The molecular weight excluding hydrogens is 305 g/mol. The van der Waals surface area contributed by atoms with E-state index in [0.29, 0.717) is 6.07 Å². The molecule has 0 amide bonds. The summed E-state index contributed by atoms with van der Waals surface area (Å²) < 4.78 is 43.1. The molecule has 0 aliphatic carbocycles. The Morgan fingerprint density at radius 1 is 1.38 bits per heavy atom. The number of halogens is 1. The molecule has 1 aromatic carbocycles. The molecule has 0 aromatic heterocycles. The molecule has 116 valence electrons. The Bertz CT molecular complexity index is 658. The Hall–Kier alpha value is -2.00. The number of carboxylic acids is 1. The lowest BCUT2D eigenvalue weighted by Gasteiger charge is -2.18. The molecule has 1 rings (SSSR count). The molecule has 0 atom stereocenters. The highest BCUT2D eigenvalue weighted by Crippen LogP contribution is 2.21. The van der Waals surface area contributed by atoms with Gasteiger partial charge in [0, 0.05) is 13.6 Å². The summed E-state index contributed by atoms with van der Waals surface area (Å²) in [5.41, 5.74) is -0.318. The van der Waals surface area contributed by atoms with Gasteiger partial charge in [-0.25, -0.2) is 21.9 Å². The van der Waals surface area contributed by atoms with Gasteiger partial charge < -0.3 is 9.84 Å². The summed E-state index contributed by atoms with van der Waals surface area (Å²) in [6.07, 6.45) is -0.418. The number of aliphatic carboxylic acids is 1. The number of nitrogens with zero attached hydrogens (tertiary/aromatic N) is 1. The van der Waals surface area contributed by atoms with Crippen LogP contribution in [0, 0.1) is 5.82 Å². The smallest absolute Gasteiger partial charge is 0.339 e. The van der Waals surface area contributed by atoms with Gasteiger partial charge in [0.15, 0.2) is 0 Å². The van der Waals surface area contributed by atoms with Gasteiger partial charge in [-0.15, -0.1) is 0 Å². The molecule has 0 bridgehead atoms. The van der Waals surface area contributed by atoms with Crippen LogP contribution in [-0.2, 0) is 19.6 Å². The summed E-state index contributed by atoms with van der Waals surface area (Å²) in [7, 11) is -2.00. The first-order valence-electron chi connectivity index (χ1n) is 5.76. The summed E-state index contributed by atoms with van der Waals surface area (Å²) in [6, 6.07) is 2.63. The standard InChI is InChI=1S/C12H14FNO6S/c1-14(6-5-11(15)16)21(18,19)10-7-8(13)3-4-9(10)12(17)20-2/h3-4,7H,5-6H2,1-2H3,(H,15,16). The zero-order chi connectivity index (χ0) is 16.2. The molecule has 1 aromatic rings. The van der Waals surface area contributed by atoms with Gasteiger partial charge in [0.2, 0.25) is 10.0 Å². The lowest BCUT2D eigenvalue weighted by atomic mass is 10.2. The average Bonchev–Trinajstić information content (AvgIpc) is 2.43. The van der Waals surface area contributed by atoms with Crippen molar-refractivity contribution < 1.29 is 32.2 Å². The first kappa shape index (κ1) is 17.1. The molecule has 0 unspecified atom stereocenters. The predicted octanol–water partition coefficient (Wildman–Crippen LogP) is 0.708. The number of carboxylic acid groups (broad SMARTS) is 1. The van der Waals surface area contributed by atoms with Crippen LogP contribution in [0.5, 0.6) is 0 Å². The van der Waals surface area contributed by atoms with E-state index in [2.05, 4.69) is 4.74 Å². The summed E-state index contributed by atoms with van der Waals surface area (Å²) >= 11 is 0. The number of sulfonamides is 1. The normalized spacial score (nSPS) is 11.4. The number of hydrogen-bond acceptors (Lipinski definition) is 5. The SMILES string of the molecule is COC(=O)c1ccc(F)cc1S(=O)(=O)N(C)CCC(=O)O. The number of carbonyl (C=O) groups excluding carboxylic acids is 1. The third-order valence-electron chi connectivity index (χ3n) is 2.68. The molecule has 7 nitrogen and oxygen atoms in total. The zero-order valence-electron chi connectivity index (χ0n) is 11.4. The van der Waals surface area contributed by atoms with Gasteiger partial charge >= 0.3 is 11.9 Å². The lowest BCUT2D eigenvalue weighted by Crippen LogP contribution is -2.30. The van der Waals surface area contributed by atoms with Gasteiger partial charge in [0.1, 0.15) is 5.82 Å². The largest absolute Gasteiger partial charge is 0.481 e. The van der Waals surface area contributed by atoms with Gasteiger partial charge in [-0.2, -0.15) is 0 Å². The molecule has 0 heterocycles. The molecule has 0 radical (unpaired) electrons. The molecule has 0 saturated heterocycles. The minimum atomic E-state index is -4.21. The topological polar surface area (TPSA) is 101 Å². The summed E-state index contributed by atoms with van der Waals surface area (Å²) in [4.78, 5) is 21.5. The maximum absolute atomic E-state index is 13.3. The molecule has 0 saturated carbocycles. The van der Waals surface area contributed by atoms with Crippen LogP contribution >= 0.6 is 0 Å². The number of ether oxygens (including phenoxy) is 1. The second-order valence-electron chi connectivity index (χ2n) is 4.10. The van der Waals surface area contributed by atoms with Crippen molar-refractivity contribution in [2.45, 2.75) is 11.3 Å². The average molecular weight is 319 g/mol. The van der Waals surface area contributed by atoms with E-state index < -0.39 is 39.1 Å². The Morgan fingerprint density at radius 3 is 2.52 bits per heavy atom. The Kier molecular flexibility index (Phi) is 5.39. The minimum Gasteiger partial charge on any atom is -0.481 e. The second kappa shape index (κ2) is 6.64. The molecule has 0 fully saturated rings. The first-order valence-corrected chi connectivity index (χ1v) is 7.20. The summed E-state index contributed by atoms with van der Waals surface area (Å²) in [5, 5.41) is 8.57.